The van der Waals surface area contributed by atoms with E-state index in [0.717, 1.165) is 0 Å². The van der Waals surface area contributed by atoms with E-state index < -0.39 is 27.6 Å². The van der Waals surface area contributed by atoms with Gasteiger partial charge in [0.1, 0.15) is 11.6 Å². The number of ether oxygens (including phenoxy) is 1. The minimum atomic E-state index is -3.23. The van der Waals surface area contributed by atoms with Crippen molar-refractivity contribution in [2.45, 2.75) is 17.7 Å². The van der Waals surface area contributed by atoms with Gasteiger partial charge in [0.2, 0.25) is 0 Å². The van der Waals surface area contributed by atoms with Crippen LogP contribution >= 0.6 is 27.7 Å². The molecule has 0 N–H and O–H groups in total. The van der Waals surface area contributed by atoms with E-state index in [4.69, 9.17) is 4.74 Å². The zero-order valence-electron chi connectivity index (χ0n) is 15.9. The number of aliphatic imine (C=N–C) groups is 1. The number of fused-ring (bicyclic) bond motifs is 1. The molecule has 0 radical (unpaired) electrons. The molecule has 2 aliphatic rings. The van der Waals surface area contributed by atoms with Gasteiger partial charge in [-0.3, -0.25) is 4.79 Å². The number of amides is 1. The molecule has 2 saturated heterocycles. The van der Waals surface area contributed by atoms with Crippen molar-refractivity contribution in [3.8, 4) is 5.75 Å². The fourth-order valence-corrected chi connectivity index (χ4v) is 7.94. The van der Waals surface area contributed by atoms with E-state index in [9.17, 15) is 17.6 Å². The maximum atomic E-state index is 14.7. The van der Waals surface area contributed by atoms with Crippen molar-refractivity contribution in [2.75, 3.05) is 23.5 Å². The third kappa shape index (κ3) is 4.26. The third-order valence-corrected chi connectivity index (χ3v) is 8.69. The van der Waals surface area contributed by atoms with Crippen LogP contribution in [0.5, 0.6) is 5.75 Å². The van der Waals surface area contributed by atoms with Gasteiger partial charge in [-0.15, -0.1) is 0 Å². The fourth-order valence-electron chi connectivity index (χ4n) is 3.68. The van der Waals surface area contributed by atoms with E-state index in [2.05, 4.69) is 20.9 Å². The van der Waals surface area contributed by atoms with Crippen molar-refractivity contribution >= 4 is 54.3 Å². The van der Waals surface area contributed by atoms with Gasteiger partial charge in [-0.05, 0) is 24.3 Å². The first-order chi connectivity index (χ1) is 14.3. The van der Waals surface area contributed by atoms with Crippen molar-refractivity contribution in [1.29, 1.82) is 0 Å². The largest absolute Gasteiger partial charge is 0.496 e. The Bertz CT molecular complexity index is 1140. The Morgan fingerprint density at radius 3 is 2.80 bits per heavy atom. The second-order valence-electron chi connectivity index (χ2n) is 7.04. The first-order valence-corrected chi connectivity index (χ1v) is 12.6. The number of sulfone groups is 1. The van der Waals surface area contributed by atoms with Crippen LogP contribution in [0.25, 0.3) is 0 Å². The Labute approximate surface area is 186 Å². The molecule has 1 amide bonds. The highest BCUT2D eigenvalue weighted by Crippen LogP contribution is 2.42. The molecule has 2 aromatic carbocycles. The summed E-state index contributed by atoms with van der Waals surface area (Å²) in [5.41, 5.74) is 0.903. The molecule has 2 atom stereocenters. The number of benzene rings is 2. The van der Waals surface area contributed by atoms with Crippen LogP contribution < -0.4 is 9.64 Å². The molecular weight excluding hydrogens is 495 g/mol. The monoisotopic (exact) mass is 512 g/mol. The Morgan fingerprint density at radius 1 is 1.30 bits per heavy atom. The van der Waals surface area contributed by atoms with E-state index in [1.807, 2.05) is 6.07 Å². The van der Waals surface area contributed by atoms with Gasteiger partial charge in [-0.1, -0.05) is 45.9 Å². The number of thioether (sulfide) groups is 1. The lowest BCUT2D eigenvalue weighted by Crippen LogP contribution is -2.38. The predicted octanol–water partition coefficient (Wildman–Crippen LogP) is 3.44. The molecule has 158 valence electrons. The first kappa shape index (κ1) is 21.3. The number of rotatable bonds is 4. The zero-order valence-corrected chi connectivity index (χ0v) is 19.1. The lowest BCUT2D eigenvalue weighted by Gasteiger charge is -2.25. The molecule has 0 spiro atoms. The summed E-state index contributed by atoms with van der Waals surface area (Å²) >= 11 is 4.44. The first-order valence-electron chi connectivity index (χ1n) is 9.12. The minimum absolute atomic E-state index is 0.0172. The van der Waals surface area contributed by atoms with Crippen molar-refractivity contribution in [3.05, 3.63) is 58.3 Å². The lowest BCUT2D eigenvalue weighted by molar-refractivity contribution is -0.117. The topological polar surface area (TPSA) is 76.0 Å². The molecule has 0 aromatic heterocycles. The molecule has 2 heterocycles. The summed E-state index contributed by atoms with van der Waals surface area (Å²) < 4.78 is 44.8. The number of para-hydroxylation sites is 1. The smallest absolute Gasteiger partial charge is 0.252 e. The molecule has 4 rings (SSSR count). The molecule has 0 saturated carbocycles. The standard InChI is InChI=1S/C20H18BrFN2O4S2/c1-28-17-5-3-2-4-12(17)8-19(25)23-20-24(15-7-6-13(21)9-14(15)22)16-10-30(26,27)11-18(16)29-20/h2-7,9,16,18H,8,10-11H2,1H3/t16-,18-/m1/s1. The van der Waals surface area contributed by atoms with Crippen LogP contribution in [0.3, 0.4) is 0 Å². The van der Waals surface area contributed by atoms with Crippen LogP contribution in [0, 0.1) is 5.82 Å². The Balaban J connectivity index is 1.68. The summed E-state index contributed by atoms with van der Waals surface area (Å²) in [5, 5.41) is 0.0249. The maximum absolute atomic E-state index is 14.7. The van der Waals surface area contributed by atoms with Crippen LogP contribution in [0.2, 0.25) is 0 Å². The van der Waals surface area contributed by atoms with Crippen LogP contribution in [-0.4, -0.2) is 49.4 Å². The van der Waals surface area contributed by atoms with Crippen LogP contribution in [0.4, 0.5) is 10.1 Å². The quantitative estimate of drug-likeness (QED) is 0.624. The number of carbonyl (C=O) groups is 1. The highest BCUT2D eigenvalue weighted by molar-refractivity contribution is 9.10. The van der Waals surface area contributed by atoms with Crippen molar-refractivity contribution in [3.63, 3.8) is 0 Å². The minimum Gasteiger partial charge on any atom is -0.496 e. The van der Waals surface area contributed by atoms with Crippen molar-refractivity contribution < 1.29 is 22.3 Å². The molecule has 0 bridgehead atoms. The van der Waals surface area contributed by atoms with E-state index in [0.29, 0.717) is 21.0 Å². The van der Waals surface area contributed by atoms with Crippen LogP contribution in [0.1, 0.15) is 5.56 Å². The van der Waals surface area contributed by atoms with Crippen LogP contribution in [-0.2, 0) is 21.1 Å². The van der Waals surface area contributed by atoms with Gasteiger partial charge < -0.3 is 9.64 Å². The molecule has 0 aliphatic carbocycles. The SMILES string of the molecule is COc1ccccc1CC(=O)N=C1S[C@@H]2CS(=O)(=O)C[C@H]2N1c1ccc(Br)cc1F. The lowest BCUT2D eigenvalue weighted by atomic mass is 10.1. The molecule has 2 aromatic rings. The number of nitrogens with zero attached hydrogens (tertiary/aromatic N) is 2. The highest BCUT2D eigenvalue weighted by Gasteiger charge is 2.50. The van der Waals surface area contributed by atoms with Crippen molar-refractivity contribution in [1.82, 2.24) is 0 Å². The molecule has 2 fully saturated rings. The second kappa shape index (κ2) is 8.32. The fraction of sp³-hybridized carbons (Fsp3) is 0.300. The van der Waals surface area contributed by atoms with Gasteiger partial charge >= 0.3 is 0 Å². The third-order valence-electron chi connectivity index (χ3n) is 4.99. The number of methoxy groups -OCH3 is 1. The van der Waals surface area contributed by atoms with E-state index in [1.54, 1.807) is 35.2 Å². The Hall–Kier alpha value is -1.91. The van der Waals surface area contributed by atoms with Gasteiger partial charge in [0, 0.05) is 15.3 Å². The van der Waals surface area contributed by atoms with Gasteiger partial charge in [-0.2, -0.15) is 4.99 Å². The predicted molar refractivity (Wildman–Crippen MR) is 120 cm³/mol. The number of hydrogen-bond acceptors (Lipinski definition) is 5. The number of hydrogen-bond donors (Lipinski definition) is 0. The Kier molecular flexibility index (Phi) is 5.91. The zero-order chi connectivity index (χ0) is 21.5. The molecular formula is C20H18BrFN2O4S2. The summed E-state index contributed by atoms with van der Waals surface area (Å²) in [6.07, 6.45) is 0.0262. The average Bonchev–Trinajstić information content (AvgIpc) is 3.13. The summed E-state index contributed by atoms with van der Waals surface area (Å²) in [6.45, 7) is 0. The number of anilines is 1. The van der Waals surface area contributed by atoms with Crippen LogP contribution in [0.15, 0.2) is 51.9 Å². The Morgan fingerprint density at radius 2 is 2.07 bits per heavy atom. The van der Waals surface area contributed by atoms with E-state index in [-0.39, 0.29) is 28.9 Å². The van der Waals surface area contributed by atoms with E-state index in [1.165, 1.54) is 24.9 Å². The molecule has 30 heavy (non-hydrogen) atoms. The van der Waals surface area contributed by atoms with Gasteiger partial charge in [0.05, 0.1) is 36.8 Å². The highest BCUT2D eigenvalue weighted by atomic mass is 79.9. The van der Waals surface area contributed by atoms with Crippen molar-refractivity contribution in [2.24, 2.45) is 4.99 Å². The normalized spacial score (nSPS) is 23.6. The molecule has 0 unspecified atom stereocenters. The second-order valence-corrected chi connectivity index (χ2v) is 11.3. The number of amidine groups is 1. The summed E-state index contributed by atoms with van der Waals surface area (Å²) in [6, 6.07) is 11.2. The molecule has 6 nitrogen and oxygen atoms in total. The van der Waals surface area contributed by atoms with Gasteiger partial charge in [-0.25, -0.2) is 12.8 Å². The summed E-state index contributed by atoms with van der Waals surface area (Å²) in [7, 11) is -1.70. The summed E-state index contributed by atoms with van der Waals surface area (Å²) in [4.78, 5) is 18.5. The molecule has 10 heteroatoms. The number of carbonyl (C=O) groups excluding carboxylic acids is 1. The number of halogens is 2. The maximum Gasteiger partial charge on any atom is 0.252 e. The average molecular weight is 513 g/mol. The summed E-state index contributed by atoms with van der Waals surface area (Å²) in [5.74, 6) is -0.451. The van der Waals surface area contributed by atoms with E-state index >= 15 is 0 Å². The molecule has 2 aliphatic heterocycles. The van der Waals surface area contributed by atoms with Gasteiger partial charge in [0.25, 0.3) is 5.91 Å². The van der Waals surface area contributed by atoms with Gasteiger partial charge in [0.15, 0.2) is 15.0 Å².